The number of benzene rings is 2. The smallest absolute Gasteiger partial charge is 0.194 e. The fourth-order valence-electron chi connectivity index (χ4n) is 2.04. The van der Waals surface area contributed by atoms with Gasteiger partial charge in [0.15, 0.2) is 17.5 Å². The molecule has 0 saturated heterocycles. The Morgan fingerprint density at radius 2 is 1.62 bits per heavy atom. The normalized spacial score (nSPS) is 15.8. The van der Waals surface area contributed by atoms with E-state index in [-0.39, 0.29) is 11.7 Å². The Morgan fingerprint density at radius 3 is 2.24 bits per heavy atom. The largest absolute Gasteiger partial charge is 0.490 e. The molecule has 0 aliphatic heterocycles. The highest BCUT2D eigenvalue weighted by Crippen LogP contribution is 2.30. The standard InChI is InChI=1S/C16H13F3O2/c17-13-8-7-12(14(18)15(13)19)16(20)9-1-3-10(4-2-9)21-11-5-6-11/h1-4,7-8,11,16,20H,5-6H2. The third kappa shape index (κ3) is 2.88. The molecule has 5 heteroatoms. The van der Waals surface area contributed by atoms with E-state index in [4.69, 9.17) is 4.74 Å². The van der Waals surface area contributed by atoms with Crippen molar-refractivity contribution in [2.24, 2.45) is 0 Å². The molecule has 0 amide bonds. The summed E-state index contributed by atoms with van der Waals surface area (Å²) in [6, 6.07) is 8.30. The molecule has 2 aromatic carbocycles. The molecular weight excluding hydrogens is 281 g/mol. The van der Waals surface area contributed by atoms with E-state index < -0.39 is 23.6 Å². The zero-order valence-electron chi connectivity index (χ0n) is 11.0. The number of rotatable bonds is 4. The second-order valence-electron chi connectivity index (χ2n) is 5.05. The predicted octanol–water partition coefficient (Wildman–Crippen LogP) is 3.73. The Kier molecular flexibility index (Phi) is 3.59. The van der Waals surface area contributed by atoms with E-state index in [9.17, 15) is 18.3 Å². The van der Waals surface area contributed by atoms with Gasteiger partial charge in [0.25, 0.3) is 0 Å². The van der Waals surface area contributed by atoms with Crippen LogP contribution in [-0.4, -0.2) is 11.2 Å². The molecule has 0 spiro atoms. The summed E-state index contributed by atoms with van der Waals surface area (Å²) in [5, 5.41) is 10.1. The Bertz CT molecular complexity index is 651. The van der Waals surface area contributed by atoms with Crippen molar-refractivity contribution in [1.82, 2.24) is 0 Å². The van der Waals surface area contributed by atoms with E-state index in [1.165, 1.54) is 0 Å². The molecule has 0 aromatic heterocycles. The number of ether oxygens (including phenoxy) is 1. The number of hydrogen-bond donors (Lipinski definition) is 1. The van der Waals surface area contributed by atoms with Gasteiger partial charge in [-0.3, -0.25) is 0 Å². The average molecular weight is 294 g/mol. The van der Waals surface area contributed by atoms with E-state index in [1.54, 1.807) is 24.3 Å². The SMILES string of the molecule is OC(c1ccc(OC2CC2)cc1)c1ccc(F)c(F)c1F. The van der Waals surface area contributed by atoms with Crippen LogP contribution in [0.2, 0.25) is 0 Å². The van der Waals surface area contributed by atoms with Crippen molar-refractivity contribution in [3.05, 3.63) is 65.0 Å². The van der Waals surface area contributed by atoms with Crippen LogP contribution in [-0.2, 0) is 0 Å². The van der Waals surface area contributed by atoms with Gasteiger partial charge in [0, 0.05) is 5.56 Å². The molecule has 1 N–H and O–H groups in total. The minimum atomic E-state index is -1.58. The fraction of sp³-hybridized carbons (Fsp3) is 0.250. The molecule has 3 rings (SSSR count). The van der Waals surface area contributed by atoms with Gasteiger partial charge in [0.05, 0.1) is 6.10 Å². The van der Waals surface area contributed by atoms with Gasteiger partial charge in [-0.1, -0.05) is 18.2 Å². The summed E-state index contributed by atoms with van der Waals surface area (Å²) in [5.41, 5.74) is 0.0767. The van der Waals surface area contributed by atoms with Crippen LogP contribution in [0.5, 0.6) is 5.75 Å². The molecule has 1 fully saturated rings. The van der Waals surface area contributed by atoms with Gasteiger partial charge in [-0.15, -0.1) is 0 Å². The van der Waals surface area contributed by atoms with E-state index in [2.05, 4.69) is 0 Å². The van der Waals surface area contributed by atoms with Gasteiger partial charge in [0.1, 0.15) is 11.9 Å². The maximum absolute atomic E-state index is 13.7. The van der Waals surface area contributed by atoms with Crippen LogP contribution in [0.15, 0.2) is 36.4 Å². The first kappa shape index (κ1) is 13.9. The second kappa shape index (κ2) is 5.41. The molecule has 2 nitrogen and oxygen atoms in total. The first-order valence-electron chi connectivity index (χ1n) is 6.64. The van der Waals surface area contributed by atoms with Crippen molar-refractivity contribution in [1.29, 1.82) is 0 Å². The van der Waals surface area contributed by atoms with Gasteiger partial charge >= 0.3 is 0 Å². The third-order valence-corrected chi connectivity index (χ3v) is 3.38. The molecule has 110 valence electrons. The van der Waals surface area contributed by atoms with Crippen LogP contribution in [0, 0.1) is 17.5 Å². The van der Waals surface area contributed by atoms with E-state index >= 15 is 0 Å². The summed E-state index contributed by atoms with van der Waals surface area (Å²) in [6.07, 6.45) is 0.953. The van der Waals surface area contributed by atoms with Gasteiger partial charge in [-0.05, 0) is 36.6 Å². The van der Waals surface area contributed by atoms with Crippen LogP contribution >= 0.6 is 0 Å². The number of halogens is 3. The summed E-state index contributed by atoms with van der Waals surface area (Å²) in [7, 11) is 0. The Morgan fingerprint density at radius 1 is 0.952 bits per heavy atom. The van der Waals surface area contributed by atoms with Crippen LogP contribution in [0.25, 0.3) is 0 Å². The van der Waals surface area contributed by atoms with Crippen LogP contribution in [0.4, 0.5) is 13.2 Å². The summed E-state index contributed by atoms with van der Waals surface area (Å²) < 4.78 is 45.3. The van der Waals surface area contributed by atoms with Crippen molar-refractivity contribution in [2.45, 2.75) is 25.0 Å². The molecular formula is C16H13F3O2. The quantitative estimate of drug-likeness (QED) is 0.871. The molecule has 1 atom stereocenters. The maximum atomic E-state index is 13.7. The molecule has 1 aliphatic carbocycles. The summed E-state index contributed by atoms with van der Waals surface area (Å²) in [4.78, 5) is 0. The van der Waals surface area contributed by atoms with Gasteiger partial charge in [-0.2, -0.15) is 0 Å². The Balaban J connectivity index is 1.84. The van der Waals surface area contributed by atoms with Gasteiger partial charge < -0.3 is 9.84 Å². The predicted molar refractivity (Wildman–Crippen MR) is 70.5 cm³/mol. The maximum Gasteiger partial charge on any atom is 0.194 e. The number of hydrogen-bond acceptors (Lipinski definition) is 2. The van der Waals surface area contributed by atoms with Crippen LogP contribution < -0.4 is 4.74 Å². The van der Waals surface area contributed by atoms with Crippen molar-refractivity contribution < 1.29 is 23.0 Å². The van der Waals surface area contributed by atoms with Gasteiger partial charge in [0.2, 0.25) is 0 Å². The lowest BCUT2D eigenvalue weighted by Crippen LogP contribution is -2.06. The van der Waals surface area contributed by atoms with Gasteiger partial charge in [-0.25, -0.2) is 13.2 Å². The van der Waals surface area contributed by atoms with E-state index in [1.807, 2.05) is 0 Å². The first-order chi connectivity index (χ1) is 10.1. The Labute approximate surface area is 119 Å². The summed E-state index contributed by atoms with van der Waals surface area (Å²) in [6.45, 7) is 0. The molecule has 0 bridgehead atoms. The van der Waals surface area contributed by atoms with Crippen LogP contribution in [0.1, 0.15) is 30.1 Å². The van der Waals surface area contributed by atoms with Crippen molar-refractivity contribution in [3.63, 3.8) is 0 Å². The molecule has 1 saturated carbocycles. The van der Waals surface area contributed by atoms with Crippen LogP contribution in [0.3, 0.4) is 0 Å². The topological polar surface area (TPSA) is 29.5 Å². The zero-order chi connectivity index (χ0) is 15.0. The molecule has 0 radical (unpaired) electrons. The molecule has 21 heavy (non-hydrogen) atoms. The number of aliphatic hydroxyl groups is 1. The average Bonchev–Trinajstić information content (AvgIpc) is 3.29. The van der Waals surface area contributed by atoms with E-state index in [0.717, 1.165) is 25.0 Å². The van der Waals surface area contributed by atoms with Crippen molar-refractivity contribution in [3.8, 4) is 5.75 Å². The highest BCUT2D eigenvalue weighted by Gasteiger charge is 2.24. The summed E-state index contributed by atoms with van der Waals surface area (Å²) >= 11 is 0. The lowest BCUT2D eigenvalue weighted by molar-refractivity contribution is 0.212. The molecule has 1 unspecified atom stereocenters. The highest BCUT2D eigenvalue weighted by atomic mass is 19.2. The number of aliphatic hydroxyl groups excluding tert-OH is 1. The zero-order valence-corrected chi connectivity index (χ0v) is 11.0. The lowest BCUT2D eigenvalue weighted by Gasteiger charge is -2.14. The highest BCUT2D eigenvalue weighted by molar-refractivity contribution is 5.35. The van der Waals surface area contributed by atoms with Crippen molar-refractivity contribution in [2.75, 3.05) is 0 Å². The summed E-state index contributed by atoms with van der Waals surface area (Å²) in [5.74, 6) is -3.57. The molecule has 1 aliphatic rings. The Hall–Kier alpha value is -2.01. The minimum Gasteiger partial charge on any atom is -0.490 e. The fourth-order valence-corrected chi connectivity index (χ4v) is 2.04. The minimum absolute atomic E-state index is 0.254. The first-order valence-corrected chi connectivity index (χ1v) is 6.64. The molecule has 0 heterocycles. The molecule has 2 aromatic rings. The third-order valence-electron chi connectivity index (χ3n) is 3.38. The lowest BCUT2D eigenvalue weighted by atomic mass is 10.0. The van der Waals surface area contributed by atoms with E-state index in [0.29, 0.717) is 11.3 Å². The second-order valence-corrected chi connectivity index (χ2v) is 5.05. The monoisotopic (exact) mass is 294 g/mol. The van der Waals surface area contributed by atoms with Crippen molar-refractivity contribution >= 4 is 0 Å².